The van der Waals surface area contributed by atoms with E-state index in [0.29, 0.717) is 0 Å². The molecule has 0 atom stereocenters. The molecule has 0 radical (unpaired) electrons. The lowest BCUT2D eigenvalue weighted by Gasteiger charge is -1.97. The maximum absolute atomic E-state index is 9.74. The summed E-state index contributed by atoms with van der Waals surface area (Å²) in [6.45, 7) is 0. The molecule has 0 saturated carbocycles. The van der Waals surface area contributed by atoms with E-state index in [0.717, 1.165) is 0 Å². The molecule has 0 spiro atoms. The summed E-state index contributed by atoms with van der Waals surface area (Å²) in [4.78, 5) is 28.5. The van der Waals surface area contributed by atoms with E-state index in [2.05, 4.69) is 22.9 Å². The summed E-state index contributed by atoms with van der Waals surface area (Å²) in [5.41, 5.74) is 21.1. The number of hydrogen-bond acceptors (Lipinski definition) is 3. The fourth-order valence-corrected chi connectivity index (χ4v) is 0.123. The van der Waals surface area contributed by atoms with Gasteiger partial charge in [-0.05, 0) is 0 Å². The number of nitrogens with two attached hydrogens (primary N) is 4. The van der Waals surface area contributed by atoms with Crippen LogP contribution in [0.2, 0.25) is 0 Å². The summed E-state index contributed by atoms with van der Waals surface area (Å²) in [5.74, 6) is 0. The number of hydrazine groups is 1. The van der Waals surface area contributed by atoms with Gasteiger partial charge in [0, 0.05) is 0 Å². The van der Waals surface area contributed by atoms with E-state index >= 15 is 0 Å². The molecule has 0 fully saturated rings. The van der Waals surface area contributed by atoms with Gasteiger partial charge < -0.3 is 22.9 Å². The van der Waals surface area contributed by atoms with Crippen LogP contribution >= 0.6 is 0 Å². The second-order valence-corrected chi connectivity index (χ2v) is 1.38. The molecule has 10 N–H and O–H groups in total. The molecule has 0 aromatic heterocycles. The van der Waals surface area contributed by atoms with Crippen molar-refractivity contribution in [2.45, 2.75) is 0 Å². The topological polar surface area (TPSA) is 179 Å². The summed E-state index contributed by atoms with van der Waals surface area (Å²) < 4.78 is 0. The van der Waals surface area contributed by atoms with Gasteiger partial charge in [0.25, 0.3) is 0 Å². The van der Waals surface area contributed by atoms with Crippen LogP contribution in [0.3, 0.4) is 0 Å². The molecular formula is C3H10N6O3. The van der Waals surface area contributed by atoms with Crippen LogP contribution in [0.1, 0.15) is 0 Å². The maximum atomic E-state index is 9.74. The van der Waals surface area contributed by atoms with Crippen molar-refractivity contribution < 1.29 is 14.4 Å². The normalized spacial score (nSPS) is 7.00. The number of nitrogens with one attached hydrogen (secondary N) is 2. The first-order valence-electron chi connectivity index (χ1n) is 2.52. The number of primary amides is 4. The number of carbonyl (C=O) groups is 3. The standard InChI is InChI=1S/C2H6N4O2.CH4N2O/c3-1(7)5-6-2(4)8;2-1(3)4/h(H3,3,5,7)(H3,4,6,8);(H4,2,3,4). The molecule has 6 amide bonds. The predicted molar refractivity (Wildman–Crippen MR) is 39.2 cm³/mol. The fourth-order valence-electron chi connectivity index (χ4n) is 0.123. The first kappa shape index (κ1) is 12.5. The van der Waals surface area contributed by atoms with Gasteiger partial charge in [-0.2, -0.15) is 0 Å². The minimum atomic E-state index is -0.858. The van der Waals surface area contributed by atoms with E-state index in [1.54, 1.807) is 10.9 Å². The van der Waals surface area contributed by atoms with E-state index in [9.17, 15) is 9.59 Å². The molecule has 0 heterocycles. The third-order valence-electron chi connectivity index (χ3n) is 0.309. The van der Waals surface area contributed by atoms with Crippen molar-refractivity contribution in [1.82, 2.24) is 10.9 Å². The number of carbonyl (C=O) groups excluding carboxylic acids is 3. The lowest BCUT2D eigenvalue weighted by atomic mass is 11.1. The zero-order chi connectivity index (χ0) is 10.1. The Morgan fingerprint density at radius 2 is 0.917 bits per heavy atom. The molecule has 12 heavy (non-hydrogen) atoms. The Balaban J connectivity index is 0. The molecule has 0 aromatic rings. The third-order valence-corrected chi connectivity index (χ3v) is 0.309. The highest BCUT2D eigenvalue weighted by atomic mass is 16.2. The second-order valence-electron chi connectivity index (χ2n) is 1.38. The molecule has 70 valence electrons. The number of rotatable bonds is 0. The highest BCUT2D eigenvalue weighted by Gasteiger charge is 1.89. The van der Waals surface area contributed by atoms with Crippen LogP contribution in [0.25, 0.3) is 0 Å². The Morgan fingerprint density at radius 1 is 0.750 bits per heavy atom. The van der Waals surface area contributed by atoms with Gasteiger partial charge in [0.15, 0.2) is 0 Å². The minimum Gasteiger partial charge on any atom is -0.352 e. The largest absolute Gasteiger partial charge is 0.352 e. The first-order valence-corrected chi connectivity index (χ1v) is 2.52. The summed E-state index contributed by atoms with van der Waals surface area (Å²) in [5, 5.41) is 0. The van der Waals surface area contributed by atoms with Crippen molar-refractivity contribution in [2.75, 3.05) is 0 Å². The van der Waals surface area contributed by atoms with Gasteiger partial charge in [0.05, 0.1) is 0 Å². The molecule has 0 aliphatic heterocycles. The van der Waals surface area contributed by atoms with Crippen molar-refractivity contribution in [3.05, 3.63) is 0 Å². The van der Waals surface area contributed by atoms with Gasteiger partial charge in [-0.25, -0.2) is 25.2 Å². The van der Waals surface area contributed by atoms with E-state index in [1.807, 2.05) is 0 Å². The molecule has 0 aliphatic carbocycles. The number of amides is 6. The molecule has 9 heteroatoms. The van der Waals surface area contributed by atoms with Gasteiger partial charge >= 0.3 is 18.1 Å². The van der Waals surface area contributed by atoms with Crippen LogP contribution in [0.4, 0.5) is 14.4 Å². The Hall–Kier alpha value is -2.19. The Kier molecular flexibility index (Phi) is 7.20. The molecule has 9 nitrogen and oxygen atoms in total. The maximum Gasteiger partial charge on any atom is 0.330 e. The van der Waals surface area contributed by atoms with Gasteiger partial charge in [-0.3, -0.25) is 0 Å². The van der Waals surface area contributed by atoms with Gasteiger partial charge in [0.1, 0.15) is 0 Å². The predicted octanol–water partition coefficient (Wildman–Crippen LogP) is -2.74. The minimum absolute atomic E-state index is 0.833. The zero-order valence-corrected chi connectivity index (χ0v) is 6.03. The lowest BCUT2D eigenvalue weighted by Crippen LogP contribution is -2.46. The van der Waals surface area contributed by atoms with Gasteiger partial charge in [-0.1, -0.05) is 0 Å². The van der Waals surface area contributed by atoms with E-state index in [4.69, 9.17) is 4.79 Å². The summed E-state index contributed by atoms with van der Waals surface area (Å²) in [7, 11) is 0. The van der Waals surface area contributed by atoms with Crippen molar-refractivity contribution >= 4 is 18.1 Å². The van der Waals surface area contributed by atoms with Crippen LogP contribution in [0, 0.1) is 0 Å². The lowest BCUT2D eigenvalue weighted by molar-refractivity contribution is 0.233. The van der Waals surface area contributed by atoms with Crippen LogP contribution in [0.5, 0.6) is 0 Å². The second kappa shape index (κ2) is 6.92. The molecule has 0 unspecified atom stereocenters. The summed E-state index contributed by atoms with van der Waals surface area (Å²) >= 11 is 0. The van der Waals surface area contributed by atoms with E-state index < -0.39 is 18.1 Å². The van der Waals surface area contributed by atoms with Crippen LogP contribution in [-0.2, 0) is 0 Å². The van der Waals surface area contributed by atoms with E-state index in [1.165, 1.54) is 0 Å². The van der Waals surface area contributed by atoms with Gasteiger partial charge in [0.2, 0.25) is 0 Å². The summed E-state index contributed by atoms with van der Waals surface area (Å²) in [6, 6.07) is -2.55. The monoisotopic (exact) mass is 178 g/mol. The Morgan fingerprint density at radius 3 is 1.00 bits per heavy atom. The number of urea groups is 3. The average Bonchev–Trinajstić information content (AvgIpc) is 1.82. The van der Waals surface area contributed by atoms with Crippen molar-refractivity contribution in [2.24, 2.45) is 22.9 Å². The smallest absolute Gasteiger partial charge is 0.330 e. The summed E-state index contributed by atoms with van der Waals surface area (Å²) in [6.07, 6.45) is 0. The molecule has 0 saturated heterocycles. The first-order chi connectivity index (χ1) is 5.36. The zero-order valence-electron chi connectivity index (χ0n) is 6.03. The van der Waals surface area contributed by atoms with Crippen LogP contribution < -0.4 is 33.8 Å². The van der Waals surface area contributed by atoms with Crippen LogP contribution in [-0.4, -0.2) is 18.1 Å². The van der Waals surface area contributed by atoms with Crippen molar-refractivity contribution in [1.29, 1.82) is 0 Å². The van der Waals surface area contributed by atoms with Crippen molar-refractivity contribution in [3.8, 4) is 0 Å². The molecule has 0 bridgehead atoms. The fraction of sp³-hybridized carbons (Fsp3) is 0. The van der Waals surface area contributed by atoms with E-state index in [-0.39, 0.29) is 0 Å². The third kappa shape index (κ3) is 45.9. The Labute approximate surface area is 67.4 Å². The Bertz CT molecular complexity index is 161. The van der Waals surface area contributed by atoms with Gasteiger partial charge in [-0.15, -0.1) is 0 Å². The highest BCUT2D eigenvalue weighted by Crippen LogP contribution is 1.48. The quantitative estimate of drug-likeness (QED) is 0.220. The van der Waals surface area contributed by atoms with Crippen LogP contribution in [0.15, 0.2) is 0 Å². The highest BCUT2D eigenvalue weighted by molar-refractivity contribution is 5.77. The molecule has 0 rings (SSSR count). The molecule has 0 aliphatic rings. The molecule has 0 aromatic carbocycles. The number of hydrogen-bond donors (Lipinski definition) is 6. The molecular weight excluding hydrogens is 168 g/mol. The average molecular weight is 178 g/mol. The van der Waals surface area contributed by atoms with Crippen molar-refractivity contribution in [3.63, 3.8) is 0 Å². The SMILES string of the molecule is NC(=O)NNC(N)=O.NC(N)=O.